The van der Waals surface area contributed by atoms with E-state index in [1.165, 1.54) is 0 Å². The third-order valence-electron chi connectivity index (χ3n) is 1.64. The van der Waals surface area contributed by atoms with E-state index in [0.717, 1.165) is 18.0 Å². The number of rotatable bonds is 0. The minimum atomic E-state index is 0.243. The molecular weight excluding hydrogens is 166 g/mol. The molecule has 0 aliphatic carbocycles. The first-order valence-corrected chi connectivity index (χ1v) is 4.56. The Morgan fingerprint density at radius 1 is 1.38 bits per heavy atom. The summed E-state index contributed by atoms with van der Waals surface area (Å²) in [5.74, 6) is 0.976. The van der Waals surface area contributed by atoms with Gasteiger partial charge in [-0.2, -0.15) is 0 Å². The van der Waals surface area contributed by atoms with Gasteiger partial charge >= 0.3 is 0 Å². The van der Waals surface area contributed by atoms with E-state index in [4.69, 9.17) is 9.84 Å². The van der Waals surface area contributed by atoms with Crippen molar-refractivity contribution in [3.05, 3.63) is 18.2 Å². The third kappa shape index (κ3) is 2.28. The standard InChI is InChI=1S/C8H9NO2.C2H6/c10-6-1-2-7-8(5-6)11-4-3-9-7;1-2/h1-2,5,9-10H,3-4H2;1-2H3. The van der Waals surface area contributed by atoms with E-state index in [-0.39, 0.29) is 5.75 Å². The molecule has 3 heteroatoms. The van der Waals surface area contributed by atoms with Gasteiger partial charge in [0.25, 0.3) is 0 Å². The van der Waals surface area contributed by atoms with Gasteiger partial charge in [0.15, 0.2) is 0 Å². The van der Waals surface area contributed by atoms with E-state index in [1.54, 1.807) is 12.1 Å². The summed E-state index contributed by atoms with van der Waals surface area (Å²) in [6, 6.07) is 5.06. The second kappa shape index (κ2) is 4.60. The van der Waals surface area contributed by atoms with Gasteiger partial charge < -0.3 is 15.2 Å². The first-order chi connectivity index (χ1) is 6.36. The molecule has 1 aliphatic heterocycles. The molecule has 0 bridgehead atoms. The molecule has 13 heavy (non-hydrogen) atoms. The summed E-state index contributed by atoms with van der Waals surface area (Å²) in [5, 5.41) is 12.2. The zero-order valence-electron chi connectivity index (χ0n) is 8.00. The van der Waals surface area contributed by atoms with E-state index < -0.39 is 0 Å². The van der Waals surface area contributed by atoms with E-state index in [1.807, 2.05) is 19.9 Å². The lowest BCUT2D eigenvalue weighted by molar-refractivity contribution is 0.321. The Hall–Kier alpha value is -1.38. The number of fused-ring (bicyclic) bond motifs is 1. The third-order valence-corrected chi connectivity index (χ3v) is 1.64. The Kier molecular flexibility index (Phi) is 3.43. The molecule has 0 spiro atoms. The van der Waals surface area contributed by atoms with E-state index >= 15 is 0 Å². The van der Waals surface area contributed by atoms with Gasteiger partial charge in [-0.1, -0.05) is 13.8 Å². The molecule has 0 fully saturated rings. The normalized spacial score (nSPS) is 12.8. The number of benzene rings is 1. The maximum atomic E-state index is 9.08. The Bertz CT molecular complexity index is 274. The number of phenolic OH excluding ortho intramolecular Hbond substituents is 1. The molecule has 1 aliphatic rings. The first-order valence-electron chi connectivity index (χ1n) is 4.56. The molecule has 0 aromatic heterocycles. The molecule has 1 aromatic rings. The molecule has 0 atom stereocenters. The second-order valence-electron chi connectivity index (χ2n) is 2.46. The molecule has 2 N–H and O–H groups in total. The molecule has 1 aromatic carbocycles. The van der Waals surface area contributed by atoms with Crippen molar-refractivity contribution in [2.45, 2.75) is 13.8 Å². The molecule has 0 unspecified atom stereocenters. The number of aromatic hydroxyl groups is 1. The van der Waals surface area contributed by atoms with Crippen molar-refractivity contribution >= 4 is 5.69 Å². The van der Waals surface area contributed by atoms with Crippen LogP contribution in [0, 0.1) is 0 Å². The van der Waals surface area contributed by atoms with Crippen LogP contribution in [0.4, 0.5) is 5.69 Å². The summed E-state index contributed by atoms with van der Waals surface area (Å²) in [4.78, 5) is 0. The van der Waals surface area contributed by atoms with Crippen molar-refractivity contribution in [1.29, 1.82) is 0 Å². The number of hydrogen-bond acceptors (Lipinski definition) is 3. The predicted octanol–water partition coefficient (Wildman–Crippen LogP) is 2.22. The highest BCUT2D eigenvalue weighted by Gasteiger charge is 2.08. The highest BCUT2D eigenvalue weighted by Crippen LogP contribution is 2.30. The molecule has 3 nitrogen and oxygen atoms in total. The van der Waals surface area contributed by atoms with Gasteiger partial charge in [0.2, 0.25) is 0 Å². The molecule has 0 saturated carbocycles. The fourth-order valence-electron chi connectivity index (χ4n) is 1.12. The average Bonchev–Trinajstić information content (AvgIpc) is 2.21. The van der Waals surface area contributed by atoms with Crippen molar-refractivity contribution in [2.75, 3.05) is 18.5 Å². The smallest absolute Gasteiger partial charge is 0.146 e. The Labute approximate surface area is 78.3 Å². The zero-order valence-corrected chi connectivity index (χ0v) is 8.00. The van der Waals surface area contributed by atoms with Gasteiger partial charge in [-0.05, 0) is 12.1 Å². The maximum Gasteiger partial charge on any atom is 0.146 e. The van der Waals surface area contributed by atoms with Crippen molar-refractivity contribution in [3.8, 4) is 11.5 Å². The Balaban J connectivity index is 0.000000396. The average molecular weight is 181 g/mol. The summed E-state index contributed by atoms with van der Waals surface area (Å²) >= 11 is 0. The quantitative estimate of drug-likeness (QED) is 0.603. The summed E-state index contributed by atoms with van der Waals surface area (Å²) in [6.45, 7) is 5.49. The SMILES string of the molecule is CC.Oc1ccc2c(c1)OCCN2. The van der Waals surface area contributed by atoms with Crippen LogP contribution in [0.5, 0.6) is 11.5 Å². The zero-order chi connectivity index (χ0) is 9.68. The van der Waals surface area contributed by atoms with E-state index in [9.17, 15) is 0 Å². The predicted molar refractivity (Wildman–Crippen MR) is 53.4 cm³/mol. The van der Waals surface area contributed by atoms with Gasteiger partial charge in [0.05, 0.1) is 5.69 Å². The van der Waals surface area contributed by atoms with Crippen molar-refractivity contribution < 1.29 is 9.84 Å². The van der Waals surface area contributed by atoms with Crippen LogP contribution in [0.1, 0.15) is 13.8 Å². The largest absolute Gasteiger partial charge is 0.508 e. The molecule has 0 saturated heterocycles. The van der Waals surface area contributed by atoms with E-state index in [2.05, 4.69) is 5.32 Å². The van der Waals surface area contributed by atoms with Crippen LogP contribution in [0.2, 0.25) is 0 Å². The summed E-state index contributed by atoms with van der Waals surface area (Å²) < 4.78 is 5.28. The Morgan fingerprint density at radius 3 is 2.92 bits per heavy atom. The lowest BCUT2D eigenvalue weighted by atomic mass is 10.2. The van der Waals surface area contributed by atoms with Crippen LogP contribution in [-0.4, -0.2) is 18.3 Å². The second-order valence-corrected chi connectivity index (χ2v) is 2.46. The molecular formula is C10H15NO2. The van der Waals surface area contributed by atoms with Crippen molar-refractivity contribution in [1.82, 2.24) is 0 Å². The minimum Gasteiger partial charge on any atom is -0.508 e. The van der Waals surface area contributed by atoms with Crippen LogP contribution in [0.15, 0.2) is 18.2 Å². The van der Waals surface area contributed by atoms with Crippen LogP contribution in [0.3, 0.4) is 0 Å². The maximum absolute atomic E-state index is 9.08. The number of ether oxygens (including phenoxy) is 1. The number of anilines is 1. The highest BCUT2D eigenvalue weighted by molar-refractivity contribution is 5.59. The Morgan fingerprint density at radius 2 is 2.15 bits per heavy atom. The molecule has 72 valence electrons. The van der Waals surface area contributed by atoms with Gasteiger partial charge in [0, 0.05) is 12.6 Å². The number of nitrogens with one attached hydrogen (secondary N) is 1. The first kappa shape index (κ1) is 9.71. The van der Waals surface area contributed by atoms with Crippen LogP contribution in [-0.2, 0) is 0 Å². The monoisotopic (exact) mass is 181 g/mol. The van der Waals surface area contributed by atoms with Crippen LogP contribution in [0.25, 0.3) is 0 Å². The number of phenols is 1. The topological polar surface area (TPSA) is 41.5 Å². The molecule has 2 rings (SSSR count). The van der Waals surface area contributed by atoms with Gasteiger partial charge in [0.1, 0.15) is 18.1 Å². The van der Waals surface area contributed by atoms with Crippen LogP contribution < -0.4 is 10.1 Å². The van der Waals surface area contributed by atoms with Gasteiger partial charge in [-0.15, -0.1) is 0 Å². The highest BCUT2D eigenvalue weighted by atomic mass is 16.5. The molecule has 1 heterocycles. The summed E-state index contributed by atoms with van der Waals surface area (Å²) in [5.41, 5.74) is 0.953. The molecule has 0 amide bonds. The van der Waals surface area contributed by atoms with Crippen molar-refractivity contribution in [3.63, 3.8) is 0 Å². The van der Waals surface area contributed by atoms with Gasteiger partial charge in [-0.3, -0.25) is 0 Å². The minimum absolute atomic E-state index is 0.243. The fraction of sp³-hybridized carbons (Fsp3) is 0.400. The lowest BCUT2D eigenvalue weighted by Gasteiger charge is -2.18. The lowest BCUT2D eigenvalue weighted by Crippen LogP contribution is -2.17. The summed E-state index contributed by atoms with van der Waals surface area (Å²) in [6.07, 6.45) is 0. The summed E-state index contributed by atoms with van der Waals surface area (Å²) in [7, 11) is 0. The van der Waals surface area contributed by atoms with E-state index in [0.29, 0.717) is 6.61 Å². The van der Waals surface area contributed by atoms with Gasteiger partial charge in [-0.25, -0.2) is 0 Å². The number of hydrogen-bond donors (Lipinski definition) is 2. The van der Waals surface area contributed by atoms with Crippen molar-refractivity contribution in [2.24, 2.45) is 0 Å². The fourth-order valence-corrected chi connectivity index (χ4v) is 1.12. The molecule has 0 radical (unpaired) electrons. The van der Waals surface area contributed by atoms with Crippen LogP contribution >= 0.6 is 0 Å².